The van der Waals surface area contributed by atoms with Crippen molar-refractivity contribution in [3.8, 4) is 5.75 Å². The summed E-state index contributed by atoms with van der Waals surface area (Å²) in [7, 11) is 1.60. The average Bonchev–Trinajstić information content (AvgIpc) is 2.27. The van der Waals surface area contributed by atoms with Crippen molar-refractivity contribution < 1.29 is 14.6 Å². The Labute approximate surface area is 88.9 Å². The van der Waals surface area contributed by atoms with Crippen LogP contribution >= 0.6 is 0 Å². The van der Waals surface area contributed by atoms with Crippen molar-refractivity contribution in [1.29, 1.82) is 0 Å². The lowest BCUT2D eigenvalue weighted by Crippen LogP contribution is -2.27. The van der Waals surface area contributed by atoms with Crippen molar-refractivity contribution in [2.75, 3.05) is 20.3 Å². The second kappa shape index (κ2) is 6.03. The first-order chi connectivity index (χ1) is 7.26. The molecule has 2 N–H and O–H groups in total. The van der Waals surface area contributed by atoms with E-state index in [-0.39, 0.29) is 12.5 Å². The maximum absolute atomic E-state index is 11.3. The monoisotopic (exact) mass is 209 g/mol. The number of methoxy groups -OCH3 is 1. The maximum atomic E-state index is 11.3. The van der Waals surface area contributed by atoms with E-state index in [1.807, 2.05) is 24.3 Å². The summed E-state index contributed by atoms with van der Waals surface area (Å²) in [6.45, 7) is 0.267. The Morgan fingerprint density at radius 2 is 2.07 bits per heavy atom. The van der Waals surface area contributed by atoms with Gasteiger partial charge < -0.3 is 15.2 Å². The SMILES string of the molecule is COc1ccc(CC(=O)NCCO)cc1. The molecule has 0 fully saturated rings. The van der Waals surface area contributed by atoms with E-state index in [0.717, 1.165) is 11.3 Å². The zero-order chi connectivity index (χ0) is 11.1. The van der Waals surface area contributed by atoms with Crippen LogP contribution in [0.5, 0.6) is 5.75 Å². The standard InChI is InChI=1S/C11H15NO3/c1-15-10-4-2-9(3-5-10)8-11(14)12-6-7-13/h2-5,13H,6-8H2,1H3,(H,12,14). The number of nitrogens with one attached hydrogen (secondary N) is 1. The van der Waals surface area contributed by atoms with Crippen LogP contribution in [-0.4, -0.2) is 31.3 Å². The van der Waals surface area contributed by atoms with E-state index in [1.165, 1.54) is 0 Å². The van der Waals surface area contributed by atoms with Crippen molar-refractivity contribution in [1.82, 2.24) is 5.32 Å². The highest BCUT2D eigenvalue weighted by molar-refractivity contribution is 5.78. The van der Waals surface area contributed by atoms with Gasteiger partial charge in [-0.15, -0.1) is 0 Å². The van der Waals surface area contributed by atoms with E-state index in [9.17, 15) is 4.79 Å². The highest BCUT2D eigenvalue weighted by Gasteiger charge is 2.02. The first-order valence-electron chi connectivity index (χ1n) is 4.76. The third kappa shape index (κ3) is 3.99. The molecule has 0 bridgehead atoms. The normalized spacial score (nSPS) is 9.73. The molecule has 1 aromatic rings. The van der Waals surface area contributed by atoms with Crippen LogP contribution in [0.15, 0.2) is 24.3 Å². The molecule has 0 saturated heterocycles. The first kappa shape index (κ1) is 11.5. The summed E-state index contributed by atoms with van der Waals surface area (Å²) in [5.74, 6) is 0.684. The van der Waals surface area contributed by atoms with Gasteiger partial charge in [0.2, 0.25) is 5.91 Å². The second-order valence-corrected chi connectivity index (χ2v) is 3.10. The van der Waals surface area contributed by atoms with Gasteiger partial charge in [-0.25, -0.2) is 0 Å². The van der Waals surface area contributed by atoms with Crippen LogP contribution in [0.4, 0.5) is 0 Å². The Morgan fingerprint density at radius 1 is 1.40 bits per heavy atom. The van der Waals surface area contributed by atoms with Gasteiger partial charge in [0, 0.05) is 6.54 Å². The van der Waals surface area contributed by atoms with Crippen LogP contribution in [0, 0.1) is 0 Å². The Bertz CT molecular complexity index is 308. The van der Waals surface area contributed by atoms with Crippen molar-refractivity contribution >= 4 is 5.91 Å². The van der Waals surface area contributed by atoms with Crippen molar-refractivity contribution in [3.63, 3.8) is 0 Å². The van der Waals surface area contributed by atoms with Crippen LogP contribution in [0.3, 0.4) is 0 Å². The van der Waals surface area contributed by atoms with E-state index >= 15 is 0 Å². The topological polar surface area (TPSA) is 58.6 Å². The van der Waals surface area contributed by atoms with E-state index in [0.29, 0.717) is 13.0 Å². The summed E-state index contributed by atoms with van der Waals surface area (Å²) in [6, 6.07) is 7.32. The zero-order valence-corrected chi connectivity index (χ0v) is 8.69. The Morgan fingerprint density at radius 3 is 2.60 bits per heavy atom. The second-order valence-electron chi connectivity index (χ2n) is 3.10. The number of carbonyl (C=O) groups excluding carboxylic acids is 1. The molecular formula is C11H15NO3. The predicted octanol–water partition coefficient (Wildman–Crippen LogP) is 0.346. The Balaban J connectivity index is 2.46. The van der Waals surface area contributed by atoms with Gasteiger partial charge in [0.05, 0.1) is 20.1 Å². The number of ether oxygens (including phenoxy) is 1. The lowest BCUT2D eigenvalue weighted by Gasteiger charge is -2.04. The average molecular weight is 209 g/mol. The minimum absolute atomic E-state index is 0.0334. The van der Waals surface area contributed by atoms with E-state index in [2.05, 4.69) is 5.32 Å². The number of aliphatic hydroxyl groups is 1. The molecule has 82 valence electrons. The molecule has 0 spiro atoms. The van der Waals surface area contributed by atoms with E-state index in [1.54, 1.807) is 7.11 Å². The zero-order valence-electron chi connectivity index (χ0n) is 8.69. The minimum atomic E-state index is -0.0887. The molecule has 4 nitrogen and oxygen atoms in total. The van der Waals surface area contributed by atoms with Crippen molar-refractivity contribution in [2.45, 2.75) is 6.42 Å². The molecule has 0 aliphatic carbocycles. The molecule has 15 heavy (non-hydrogen) atoms. The van der Waals surface area contributed by atoms with E-state index in [4.69, 9.17) is 9.84 Å². The number of rotatable bonds is 5. The highest BCUT2D eigenvalue weighted by atomic mass is 16.5. The van der Waals surface area contributed by atoms with Crippen molar-refractivity contribution in [3.05, 3.63) is 29.8 Å². The van der Waals surface area contributed by atoms with Crippen LogP contribution in [0.2, 0.25) is 0 Å². The van der Waals surface area contributed by atoms with Crippen LogP contribution in [0.25, 0.3) is 0 Å². The lowest BCUT2D eigenvalue weighted by molar-refractivity contribution is -0.120. The quantitative estimate of drug-likeness (QED) is 0.735. The molecule has 0 aliphatic rings. The lowest BCUT2D eigenvalue weighted by atomic mass is 10.1. The first-order valence-corrected chi connectivity index (χ1v) is 4.76. The molecule has 0 unspecified atom stereocenters. The fraction of sp³-hybridized carbons (Fsp3) is 0.364. The number of aliphatic hydroxyl groups excluding tert-OH is 1. The number of hydrogen-bond donors (Lipinski definition) is 2. The third-order valence-electron chi connectivity index (χ3n) is 1.96. The van der Waals surface area contributed by atoms with Crippen molar-refractivity contribution in [2.24, 2.45) is 0 Å². The molecule has 0 aromatic heterocycles. The molecule has 0 radical (unpaired) electrons. The summed E-state index contributed by atoms with van der Waals surface area (Å²) in [5, 5.41) is 11.1. The molecule has 0 heterocycles. The van der Waals surface area contributed by atoms with Gasteiger partial charge in [-0.2, -0.15) is 0 Å². The van der Waals surface area contributed by atoms with Gasteiger partial charge in [-0.05, 0) is 17.7 Å². The van der Waals surface area contributed by atoms with Gasteiger partial charge in [0.25, 0.3) is 0 Å². The molecule has 1 aromatic carbocycles. The maximum Gasteiger partial charge on any atom is 0.224 e. The number of hydrogen-bond acceptors (Lipinski definition) is 3. The third-order valence-corrected chi connectivity index (χ3v) is 1.96. The minimum Gasteiger partial charge on any atom is -0.497 e. The molecule has 1 amide bonds. The summed E-state index contributed by atoms with van der Waals surface area (Å²) in [5.41, 5.74) is 0.922. The van der Waals surface area contributed by atoms with Gasteiger partial charge in [0.1, 0.15) is 5.75 Å². The molecule has 0 saturated carbocycles. The smallest absolute Gasteiger partial charge is 0.224 e. The largest absolute Gasteiger partial charge is 0.497 e. The van der Waals surface area contributed by atoms with Gasteiger partial charge in [-0.3, -0.25) is 4.79 Å². The van der Waals surface area contributed by atoms with Gasteiger partial charge in [-0.1, -0.05) is 12.1 Å². The van der Waals surface area contributed by atoms with Crippen LogP contribution in [0.1, 0.15) is 5.56 Å². The summed E-state index contributed by atoms with van der Waals surface area (Å²) >= 11 is 0. The summed E-state index contributed by atoms with van der Waals surface area (Å²) in [6.07, 6.45) is 0.323. The van der Waals surface area contributed by atoms with E-state index < -0.39 is 0 Å². The Hall–Kier alpha value is -1.55. The fourth-order valence-corrected chi connectivity index (χ4v) is 1.19. The number of benzene rings is 1. The molecule has 0 aliphatic heterocycles. The molecule has 1 rings (SSSR count). The summed E-state index contributed by atoms with van der Waals surface area (Å²) in [4.78, 5) is 11.3. The van der Waals surface area contributed by atoms with Gasteiger partial charge in [0.15, 0.2) is 0 Å². The highest BCUT2D eigenvalue weighted by Crippen LogP contribution is 2.11. The van der Waals surface area contributed by atoms with Crippen LogP contribution < -0.4 is 10.1 Å². The molecule has 0 atom stereocenters. The number of amides is 1. The fourth-order valence-electron chi connectivity index (χ4n) is 1.19. The Kier molecular flexibility index (Phi) is 4.63. The summed E-state index contributed by atoms with van der Waals surface area (Å²) < 4.78 is 5.01. The number of carbonyl (C=O) groups is 1. The molecular weight excluding hydrogens is 194 g/mol. The van der Waals surface area contributed by atoms with Crippen LogP contribution in [-0.2, 0) is 11.2 Å². The van der Waals surface area contributed by atoms with Gasteiger partial charge >= 0.3 is 0 Å². The molecule has 4 heteroatoms. The predicted molar refractivity (Wildman–Crippen MR) is 56.8 cm³/mol.